The van der Waals surface area contributed by atoms with Gasteiger partial charge in [-0.3, -0.25) is 4.79 Å². The van der Waals surface area contributed by atoms with Crippen LogP contribution in [0.3, 0.4) is 0 Å². The molecule has 2 rings (SSSR count). The zero-order chi connectivity index (χ0) is 15.2. The molecule has 0 bridgehead atoms. The maximum atomic E-state index is 11.7. The highest BCUT2D eigenvalue weighted by Crippen LogP contribution is 2.31. The zero-order valence-electron chi connectivity index (χ0n) is 12.9. The molecule has 1 saturated carbocycles. The van der Waals surface area contributed by atoms with Gasteiger partial charge in [-0.1, -0.05) is 12.1 Å². The van der Waals surface area contributed by atoms with E-state index in [9.17, 15) is 4.79 Å². The van der Waals surface area contributed by atoms with Crippen LogP contribution in [-0.2, 0) is 11.3 Å². The minimum atomic E-state index is -0.128. The van der Waals surface area contributed by atoms with E-state index in [2.05, 4.69) is 10.6 Å². The molecule has 0 aromatic heterocycles. The molecule has 1 aromatic rings. The SMILES string of the molecule is COc1cccc(CNC2CC2)c1OCC(=O)NC(C)C. The molecule has 21 heavy (non-hydrogen) atoms. The van der Waals surface area contributed by atoms with E-state index in [-0.39, 0.29) is 18.6 Å². The van der Waals surface area contributed by atoms with E-state index in [4.69, 9.17) is 9.47 Å². The van der Waals surface area contributed by atoms with Crippen molar-refractivity contribution in [3.05, 3.63) is 23.8 Å². The van der Waals surface area contributed by atoms with Gasteiger partial charge in [0, 0.05) is 24.2 Å². The molecule has 1 fully saturated rings. The molecule has 0 heterocycles. The Morgan fingerprint density at radius 3 is 2.76 bits per heavy atom. The van der Waals surface area contributed by atoms with Gasteiger partial charge in [0.25, 0.3) is 5.91 Å². The topological polar surface area (TPSA) is 59.6 Å². The van der Waals surface area contributed by atoms with Gasteiger partial charge in [0.15, 0.2) is 18.1 Å². The van der Waals surface area contributed by atoms with Crippen molar-refractivity contribution in [3.63, 3.8) is 0 Å². The molecule has 5 nitrogen and oxygen atoms in total. The van der Waals surface area contributed by atoms with Gasteiger partial charge in [0.2, 0.25) is 0 Å². The summed E-state index contributed by atoms with van der Waals surface area (Å²) in [5.74, 6) is 1.17. The van der Waals surface area contributed by atoms with E-state index in [1.165, 1.54) is 12.8 Å². The Labute approximate surface area is 126 Å². The molecular weight excluding hydrogens is 268 g/mol. The Hall–Kier alpha value is -1.75. The molecule has 0 unspecified atom stereocenters. The molecule has 0 saturated heterocycles. The van der Waals surface area contributed by atoms with Crippen molar-refractivity contribution in [1.29, 1.82) is 0 Å². The summed E-state index contributed by atoms with van der Waals surface area (Å²) in [6.07, 6.45) is 2.47. The van der Waals surface area contributed by atoms with E-state index in [1.54, 1.807) is 7.11 Å². The minimum absolute atomic E-state index is 0.00498. The summed E-state index contributed by atoms with van der Waals surface area (Å²) in [5.41, 5.74) is 1.01. The summed E-state index contributed by atoms with van der Waals surface area (Å²) >= 11 is 0. The summed E-state index contributed by atoms with van der Waals surface area (Å²) < 4.78 is 11.0. The summed E-state index contributed by atoms with van der Waals surface area (Å²) in [5, 5.41) is 6.26. The molecule has 1 aliphatic carbocycles. The lowest BCUT2D eigenvalue weighted by Crippen LogP contribution is -2.34. The first-order valence-electron chi connectivity index (χ1n) is 7.41. The summed E-state index contributed by atoms with van der Waals surface area (Å²) in [6.45, 7) is 4.57. The quantitative estimate of drug-likeness (QED) is 0.768. The molecule has 0 spiro atoms. The molecule has 1 aromatic carbocycles. The van der Waals surface area contributed by atoms with Crippen LogP contribution in [0, 0.1) is 0 Å². The molecule has 0 radical (unpaired) electrons. The Kier molecular flexibility index (Phi) is 5.44. The van der Waals surface area contributed by atoms with Crippen LogP contribution >= 0.6 is 0 Å². The smallest absolute Gasteiger partial charge is 0.258 e. The minimum Gasteiger partial charge on any atom is -0.493 e. The highest BCUT2D eigenvalue weighted by Gasteiger charge is 2.21. The van der Waals surface area contributed by atoms with Crippen molar-refractivity contribution >= 4 is 5.91 Å². The second-order valence-electron chi connectivity index (χ2n) is 5.61. The average molecular weight is 292 g/mol. The van der Waals surface area contributed by atoms with Crippen LogP contribution in [0.25, 0.3) is 0 Å². The Morgan fingerprint density at radius 1 is 1.38 bits per heavy atom. The lowest BCUT2D eigenvalue weighted by atomic mass is 10.2. The first kappa shape index (κ1) is 15.6. The van der Waals surface area contributed by atoms with Crippen molar-refractivity contribution in [3.8, 4) is 11.5 Å². The molecule has 1 amide bonds. The second-order valence-corrected chi connectivity index (χ2v) is 5.61. The van der Waals surface area contributed by atoms with E-state index in [0.717, 1.165) is 12.1 Å². The number of benzene rings is 1. The first-order chi connectivity index (χ1) is 10.1. The fraction of sp³-hybridized carbons (Fsp3) is 0.562. The molecular formula is C16H24N2O3. The lowest BCUT2D eigenvalue weighted by molar-refractivity contribution is -0.123. The van der Waals surface area contributed by atoms with Crippen molar-refractivity contribution in [2.75, 3.05) is 13.7 Å². The largest absolute Gasteiger partial charge is 0.493 e. The van der Waals surface area contributed by atoms with Gasteiger partial charge in [0.1, 0.15) is 0 Å². The highest BCUT2D eigenvalue weighted by molar-refractivity contribution is 5.77. The molecule has 5 heteroatoms. The van der Waals surface area contributed by atoms with Gasteiger partial charge < -0.3 is 20.1 Å². The number of carbonyl (C=O) groups excluding carboxylic acids is 1. The maximum Gasteiger partial charge on any atom is 0.258 e. The number of ether oxygens (including phenoxy) is 2. The predicted molar refractivity (Wildman–Crippen MR) is 81.6 cm³/mol. The third kappa shape index (κ3) is 4.93. The molecule has 116 valence electrons. The Balaban J connectivity index is 2.01. The van der Waals surface area contributed by atoms with E-state index in [1.807, 2.05) is 32.0 Å². The van der Waals surface area contributed by atoms with Crippen LogP contribution in [0.4, 0.5) is 0 Å². The Morgan fingerprint density at radius 2 is 2.14 bits per heavy atom. The van der Waals surface area contributed by atoms with E-state index >= 15 is 0 Å². The number of hydrogen-bond acceptors (Lipinski definition) is 4. The number of rotatable bonds is 8. The Bertz CT molecular complexity index is 484. The summed E-state index contributed by atoms with van der Waals surface area (Å²) in [7, 11) is 1.61. The van der Waals surface area contributed by atoms with Crippen LogP contribution in [-0.4, -0.2) is 31.7 Å². The van der Waals surface area contributed by atoms with Crippen LogP contribution in [0.2, 0.25) is 0 Å². The summed E-state index contributed by atoms with van der Waals surface area (Å²) in [6, 6.07) is 6.50. The summed E-state index contributed by atoms with van der Waals surface area (Å²) in [4.78, 5) is 11.7. The van der Waals surface area contributed by atoms with E-state index in [0.29, 0.717) is 17.5 Å². The van der Waals surface area contributed by atoms with Gasteiger partial charge >= 0.3 is 0 Å². The maximum absolute atomic E-state index is 11.7. The molecule has 2 N–H and O–H groups in total. The highest BCUT2D eigenvalue weighted by atomic mass is 16.5. The third-order valence-electron chi connectivity index (χ3n) is 3.24. The van der Waals surface area contributed by atoms with Crippen molar-refractivity contribution in [1.82, 2.24) is 10.6 Å². The van der Waals surface area contributed by atoms with Gasteiger partial charge in [-0.05, 0) is 32.8 Å². The molecule has 0 atom stereocenters. The average Bonchev–Trinajstić information content (AvgIpc) is 3.26. The van der Waals surface area contributed by atoms with E-state index < -0.39 is 0 Å². The van der Waals surface area contributed by atoms with Gasteiger partial charge in [0.05, 0.1) is 7.11 Å². The van der Waals surface area contributed by atoms with Gasteiger partial charge in [-0.15, -0.1) is 0 Å². The van der Waals surface area contributed by atoms with Crippen molar-refractivity contribution < 1.29 is 14.3 Å². The number of hydrogen-bond donors (Lipinski definition) is 2. The first-order valence-corrected chi connectivity index (χ1v) is 7.41. The fourth-order valence-corrected chi connectivity index (χ4v) is 2.07. The van der Waals surface area contributed by atoms with Crippen molar-refractivity contribution in [2.45, 2.75) is 45.3 Å². The monoisotopic (exact) mass is 292 g/mol. The number of nitrogens with one attached hydrogen (secondary N) is 2. The lowest BCUT2D eigenvalue weighted by Gasteiger charge is -2.16. The molecule has 1 aliphatic rings. The number of carbonyl (C=O) groups is 1. The van der Waals surface area contributed by atoms with Crippen LogP contribution < -0.4 is 20.1 Å². The number of methoxy groups -OCH3 is 1. The standard InChI is InChI=1S/C16H24N2O3/c1-11(2)18-15(19)10-21-16-12(9-17-13-7-8-13)5-4-6-14(16)20-3/h4-6,11,13,17H,7-10H2,1-3H3,(H,18,19). The second kappa shape index (κ2) is 7.31. The van der Waals surface area contributed by atoms with Crippen LogP contribution in [0.5, 0.6) is 11.5 Å². The number of para-hydroxylation sites is 1. The third-order valence-corrected chi connectivity index (χ3v) is 3.24. The normalized spacial score (nSPS) is 14.1. The number of amides is 1. The van der Waals surface area contributed by atoms with Gasteiger partial charge in [-0.25, -0.2) is 0 Å². The van der Waals surface area contributed by atoms with Crippen LogP contribution in [0.1, 0.15) is 32.3 Å². The fourth-order valence-electron chi connectivity index (χ4n) is 2.07. The van der Waals surface area contributed by atoms with Crippen molar-refractivity contribution in [2.24, 2.45) is 0 Å². The van der Waals surface area contributed by atoms with Crippen LogP contribution in [0.15, 0.2) is 18.2 Å². The zero-order valence-corrected chi connectivity index (χ0v) is 12.9. The van der Waals surface area contributed by atoms with Gasteiger partial charge in [-0.2, -0.15) is 0 Å². The predicted octanol–water partition coefficient (Wildman–Crippen LogP) is 1.85. The molecule has 0 aliphatic heterocycles.